The third-order valence-electron chi connectivity index (χ3n) is 4.89. The Morgan fingerprint density at radius 1 is 1.14 bits per heavy atom. The van der Waals surface area contributed by atoms with Crippen molar-refractivity contribution in [3.8, 4) is 5.75 Å². The van der Waals surface area contributed by atoms with Crippen molar-refractivity contribution in [3.63, 3.8) is 0 Å². The van der Waals surface area contributed by atoms with E-state index in [1.165, 1.54) is 50.5 Å². The first-order valence-electron chi connectivity index (χ1n) is 8.63. The lowest BCUT2D eigenvalue weighted by molar-refractivity contribution is 0.392. The SMILES string of the molecule is CCCC1CCCC(NC(C)c2ccc(OC)cc2)CC1. The number of ether oxygens (including phenoxy) is 1. The molecule has 2 rings (SSSR count). The second-order valence-corrected chi connectivity index (χ2v) is 6.52. The van der Waals surface area contributed by atoms with Crippen molar-refractivity contribution in [2.24, 2.45) is 5.92 Å². The summed E-state index contributed by atoms with van der Waals surface area (Å²) in [4.78, 5) is 0. The maximum atomic E-state index is 5.23. The molecule has 1 fully saturated rings. The molecule has 3 atom stereocenters. The van der Waals surface area contributed by atoms with Crippen molar-refractivity contribution in [1.29, 1.82) is 0 Å². The Balaban J connectivity index is 1.85. The molecule has 1 aromatic rings. The minimum atomic E-state index is 0.420. The van der Waals surface area contributed by atoms with Gasteiger partial charge in [0.15, 0.2) is 0 Å². The molecule has 118 valence electrons. The van der Waals surface area contributed by atoms with Crippen LogP contribution in [0, 0.1) is 5.92 Å². The fourth-order valence-electron chi connectivity index (χ4n) is 3.58. The Labute approximate surface area is 130 Å². The van der Waals surface area contributed by atoms with Crippen LogP contribution in [0.3, 0.4) is 0 Å². The molecule has 0 amide bonds. The van der Waals surface area contributed by atoms with Crippen molar-refractivity contribution in [2.45, 2.75) is 70.9 Å². The maximum absolute atomic E-state index is 5.23. The van der Waals surface area contributed by atoms with Gasteiger partial charge in [0, 0.05) is 12.1 Å². The molecular formula is C19H31NO. The molecule has 1 aliphatic rings. The highest BCUT2D eigenvalue weighted by Crippen LogP contribution is 2.28. The molecule has 0 radical (unpaired) electrons. The fourth-order valence-corrected chi connectivity index (χ4v) is 3.58. The van der Waals surface area contributed by atoms with Gasteiger partial charge in [0.25, 0.3) is 0 Å². The van der Waals surface area contributed by atoms with Crippen LogP contribution in [0.25, 0.3) is 0 Å². The van der Waals surface area contributed by atoms with Gasteiger partial charge in [-0.15, -0.1) is 0 Å². The number of hydrogen-bond donors (Lipinski definition) is 1. The zero-order valence-electron chi connectivity index (χ0n) is 13.9. The average molecular weight is 289 g/mol. The summed E-state index contributed by atoms with van der Waals surface area (Å²) in [6.07, 6.45) is 9.65. The summed E-state index contributed by atoms with van der Waals surface area (Å²) in [5.41, 5.74) is 1.35. The number of hydrogen-bond acceptors (Lipinski definition) is 2. The molecular weight excluding hydrogens is 258 g/mol. The lowest BCUT2D eigenvalue weighted by Gasteiger charge is -2.22. The molecule has 0 saturated heterocycles. The molecule has 2 heteroatoms. The summed E-state index contributed by atoms with van der Waals surface area (Å²) in [7, 11) is 1.72. The zero-order chi connectivity index (χ0) is 15.1. The van der Waals surface area contributed by atoms with Gasteiger partial charge >= 0.3 is 0 Å². The summed E-state index contributed by atoms with van der Waals surface area (Å²) in [6, 6.07) is 9.56. The third-order valence-corrected chi connectivity index (χ3v) is 4.89. The van der Waals surface area contributed by atoms with Gasteiger partial charge in [-0.25, -0.2) is 0 Å². The molecule has 1 N–H and O–H groups in total. The Kier molecular flexibility index (Phi) is 6.56. The van der Waals surface area contributed by atoms with Crippen molar-refractivity contribution in [3.05, 3.63) is 29.8 Å². The minimum absolute atomic E-state index is 0.420. The Bertz CT molecular complexity index is 401. The molecule has 0 spiro atoms. The van der Waals surface area contributed by atoms with Crippen LogP contribution in [-0.2, 0) is 0 Å². The quantitative estimate of drug-likeness (QED) is 0.736. The van der Waals surface area contributed by atoms with Crippen molar-refractivity contribution in [1.82, 2.24) is 5.32 Å². The topological polar surface area (TPSA) is 21.3 Å². The lowest BCUT2D eigenvalue weighted by atomic mass is 9.95. The van der Waals surface area contributed by atoms with Crippen LogP contribution in [0.5, 0.6) is 5.75 Å². The number of rotatable bonds is 6. The van der Waals surface area contributed by atoms with E-state index in [9.17, 15) is 0 Å². The van der Waals surface area contributed by atoms with E-state index in [-0.39, 0.29) is 0 Å². The minimum Gasteiger partial charge on any atom is -0.497 e. The molecule has 3 unspecified atom stereocenters. The molecule has 1 aliphatic carbocycles. The van der Waals surface area contributed by atoms with Crippen LogP contribution in [0.15, 0.2) is 24.3 Å². The Morgan fingerprint density at radius 2 is 1.90 bits per heavy atom. The summed E-state index contributed by atoms with van der Waals surface area (Å²) in [6.45, 7) is 4.59. The predicted molar refractivity (Wildman–Crippen MR) is 89.8 cm³/mol. The van der Waals surface area contributed by atoms with E-state index in [1.807, 2.05) is 0 Å². The first kappa shape index (κ1) is 16.4. The molecule has 0 aromatic heterocycles. The maximum Gasteiger partial charge on any atom is 0.118 e. The second-order valence-electron chi connectivity index (χ2n) is 6.52. The van der Waals surface area contributed by atoms with E-state index in [1.54, 1.807) is 7.11 Å². The lowest BCUT2D eigenvalue weighted by Crippen LogP contribution is -2.31. The van der Waals surface area contributed by atoms with E-state index in [4.69, 9.17) is 4.74 Å². The smallest absolute Gasteiger partial charge is 0.118 e. The normalized spacial score (nSPS) is 24.3. The van der Waals surface area contributed by atoms with E-state index in [0.717, 1.165) is 11.7 Å². The first-order chi connectivity index (χ1) is 10.2. The monoisotopic (exact) mass is 289 g/mol. The first-order valence-corrected chi connectivity index (χ1v) is 8.63. The van der Waals surface area contributed by atoms with Crippen molar-refractivity contribution >= 4 is 0 Å². The van der Waals surface area contributed by atoms with Crippen LogP contribution in [0.1, 0.15) is 70.4 Å². The number of nitrogens with one attached hydrogen (secondary N) is 1. The van der Waals surface area contributed by atoms with Gasteiger partial charge in [0.05, 0.1) is 7.11 Å². The Hall–Kier alpha value is -1.02. The summed E-state index contributed by atoms with van der Waals surface area (Å²) in [5, 5.41) is 3.83. The average Bonchev–Trinajstić information content (AvgIpc) is 2.73. The summed E-state index contributed by atoms with van der Waals surface area (Å²) < 4.78 is 5.23. The van der Waals surface area contributed by atoms with Crippen LogP contribution in [0.2, 0.25) is 0 Å². The van der Waals surface area contributed by atoms with E-state index in [2.05, 4.69) is 43.4 Å². The summed E-state index contributed by atoms with van der Waals surface area (Å²) >= 11 is 0. The molecule has 2 nitrogen and oxygen atoms in total. The zero-order valence-corrected chi connectivity index (χ0v) is 13.9. The van der Waals surface area contributed by atoms with E-state index >= 15 is 0 Å². The van der Waals surface area contributed by atoms with Crippen LogP contribution < -0.4 is 10.1 Å². The van der Waals surface area contributed by atoms with Crippen molar-refractivity contribution < 1.29 is 4.74 Å². The molecule has 1 saturated carbocycles. The van der Waals surface area contributed by atoms with Crippen molar-refractivity contribution in [2.75, 3.05) is 7.11 Å². The third kappa shape index (κ3) is 5.03. The second kappa shape index (κ2) is 8.43. The van der Waals surface area contributed by atoms with Crippen LogP contribution in [0.4, 0.5) is 0 Å². The van der Waals surface area contributed by atoms with Gasteiger partial charge in [-0.05, 0) is 49.8 Å². The van der Waals surface area contributed by atoms with E-state index in [0.29, 0.717) is 12.1 Å². The van der Waals surface area contributed by atoms with Crippen LogP contribution >= 0.6 is 0 Å². The highest BCUT2D eigenvalue weighted by Gasteiger charge is 2.19. The largest absolute Gasteiger partial charge is 0.497 e. The molecule has 21 heavy (non-hydrogen) atoms. The molecule has 0 aliphatic heterocycles. The van der Waals surface area contributed by atoms with Gasteiger partial charge in [-0.2, -0.15) is 0 Å². The number of benzene rings is 1. The standard InChI is InChI=1S/C19H31NO/c1-4-6-16-7-5-8-18(12-9-16)20-15(2)17-10-13-19(21-3)14-11-17/h10-11,13-16,18,20H,4-9,12H2,1-3H3. The fraction of sp³-hybridized carbons (Fsp3) is 0.684. The Morgan fingerprint density at radius 3 is 2.57 bits per heavy atom. The van der Waals surface area contributed by atoms with E-state index < -0.39 is 0 Å². The van der Waals surface area contributed by atoms with Crippen LogP contribution in [-0.4, -0.2) is 13.2 Å². The molecule has 1 aromatic carbocycles. The number of methoxy groups -OCH3 is 1. The summed E-state index contributed by atoms with van der Waals surface area (Å²) in [5.74, 6) is 1.90. The van der Waals surface area contributed by atoms with Gasteiger partial charge in [-0.1, -0.05) is 44.7 Å². The van der Waals surface area contributed by atoms with Gasteiger partial charge in [0.2, 0.25) is 0 Å². The van der Waals surface area contributed by atoms with Gasteiger partial charge in [0.1, 0.15) is 5.75 Å². The highest BCUT2D eigenvalue weighted by atomic mass is 16.5. The van der Waals surface area contributed by atoms with Gasteiger partial charge < -0.3 is 10.1 Å². The molecule has 0 bridgehead atoms. The highest BCUT2D eigenvalue weighted by molar-refractivity contribution is 5.28. The predicted octanol–water partition coefficient (Wildman–Crippen LogP) is 5.09. The van der Waals surface area contributed by atoms with Gasteiger partial charge in [-0.3, -0.25) is 0 Å². The molecule has 0 heterocycles.